The highest BCUT2D eigenvalue weighted by Gasteiger charge is 2.26. The van der Waals surface area contributed by atoms with Gasteiger partial charge in [-0.15, -0.1) is 0 Å². The van der Waals surface area contributed by atoms with Crippen molar-refractivity contribution in [2.75, 3.05) is 26.2 Å². The number of ether oxygens (including phenoxy) is 2. The molecule has 2 aromatic rings. The van der Waals surface area contributed by atoms with Crippen LogP contribution in [0.3, 0.4) is 0 Å². The third-order valence-electron chi connectivity index (χ3n) is 5.49. The minimum atomic E-state index is -0.197. The first-order chi connectivity index (χ1) is 12.8. The van der Waals surface area contributed by atoms with Crippen molar-refractivity contribution in [1.82, 2.24) is 4.90 Å². The van der Waals surface area contributed by atoms with Crippen LogP contribution in [0.5, 0.6) is 5.75 Å². The predicted molar refractivity (Wildman–Crippen MR) is 99.9 cm³/mol. The highest BCUT2D eigenvalue weighted by molar-refractivity contribution is 5.37. The first kappa shape index (κ1) is 17.5. The lowest BCUT2D eigenvalue weighted by Crippen LogP contribution is -2.39. The summed E-state index contributed by atoms with van der Waals surface area (Å²) in [7, 11) is 0. The first-order valence-corrected chi connectivity index (χ1v) is 9.58. The Hall–Kier alpha value is -1.91. The molecule has 0 radical (unpaired) electrons. The van der Waals surface area contributed by atoms with Gasteiger partial charge in [0, 0.05) is 25.6 Å². The van der Waals surface area contributed by atoms with Gasteiger partial charge in [-0.05, 0) is 48.6 Å². The Balaban J connectivity index is 1.25. The van der Waals surface area contributed by atoms with Gasteiger partial charge in [0.25, 0.3) is 0 Å². The topological polar surface area (TPSA) is 21.7 Å². The van der Waals surface area contributed by atoms with E-state index in [1.807, 2.05) is 6.07 Å². The number of nitrogens with zero attached hydrogens (tertiary/aromatic N) is 1. The van der Waals surface area contributed by atoms with E-state index in [1.54, 1.807) is 12.1 Å². The molecule has 1 unspecified atom stereocenters. The molecule has 0 spiro atoms. The maximum absolute atomic E-state index is 13.0. The van der Waals surface area contributed by atoms with E-state index in [0.29, 0.717) is 18.6 Å². The molecule has 0 amide bonds. The second-order valence-corrected chi connectivity index (χ2v) is 7.31. The molecule has 1 atom stereocenters. The van der Waals surface area contributed by atoms with Crippen molar-refractivity contribution in [3.05, 3.63) is 65.5 Å². The molecule has 2 aliphatic rings. The Morgan fingerprint density at radius 1 is 1.00 bits per heavy atom. The average molecular weight is 355 g/mol. The van der Waals surface area contributed by atoms with Crippen LogP contribution in [-0.4, -0.2) is 37.2 Å². The number of para-hydroxylation sites is 1. The Kier molecular flexibility index (Phi) is 5.51. The summed E-state index contributed by atoms with van der Waals surface area (Å²) >= 11 is 0. The summed E-state index contributed by atoms with van der Waals surface area (Å²) in [5.74, 6) is 1.43. The Morgan fingerprint density at radius 2 is 1.77 bits per heavy atom. The summed E-state index contributed by atoms with van der Waals surface area (Å²) in [5, 5.41) is 0. The van der Waals surface area contributed by atoms with Crippen molar-refractivity contribution < 1.29 is 13.9 Å². The number of rotatable bonds is 5. The number of hydrogen-bond acceptors (Lipinski definition) is 3. The third kappa shape index (κ3) is 4.25. The highest BCUT2D eigenvalue weighted by atomic mass is 19.1. The molecular weight excluding hydrogens is 329 g/mol. The number of likely N-dealkylation sites (tertiary alicyclic amines) is 1. The van der Waals surface area contributed by atoms with Crippen molar-refractivity contribution in [1.29, 1.82) is 0 Å². The van der Waals surface area contributed by atoms with Crippen molar-refractivity contribution in [3.8, 4) is 5.75 Å². The Morgan fingerprint density at radius 3 is 2.58 bits per heavy atom. The lowest BCUT2D eigenvalue weighted by molar-refractivity contribution is -0.00406. The predicted octanol–water partition coefficient (Wildman–Crippen LogP) is 4.37. The molecule has 1 fully saturated rings. The van der Waals surface area contributed by atoms with E-state index in [4.69, 9.17) is 9.47 Å². The van der Waals surface area contributed by atoms with Crippen LogP contribution < -0.4 is 4.74 Å². The molecule has 0 aromatic heterocycles. The van der Waals surface area contributed by atoms with Gasteiger partial charge in [-0.1, -0.05) is 30.3 Å². The fourth-order valence-corrected chi connectivity index (χ4v) is 3.97. The van der Waals surface area contributed by atoms with Gasteiger partial charge < -0.3 is 14.4 Å². The largest absolute Gasteiger partial charge is 0.493 e. The van der Waals surface area contributed by atoms with Gasteiger partial charge in [-0.2, -0.15) is 0 Å². The number of benzene rings is 2. The molecule has 4 heteroatoms. The SMILES string of the molecule is Fc1ccc(COC2CCN(CC3CCOc4ccccc43)CC2)cc1. The smallest absolute Gasteiger partial charge is 0.123 e. The number of piperidine rings is 1. The molecule has 2 aliphatic heterocycles. The van der Waals surface area contributed by atoms with E-state index < -0.39 is 0 Å². The lowest BCUT2D eigenvalue weighted by Gasteiger charge is -2.36. The summed E-state index contributed by atoms with van der Waals surface area (Å²) in [6.07, 6.45) is 3.52. The van der Waals surface area contributed by atoms with E-state index in [9.17, 15) is 4.39 Å². The number of halogens is 1. The van der Waals surface area contributed by atoms with Crippen LogP contribution in [0.15, 0.2) is 48.5 Å². The van der Waals surface area contributed by atoms with Gasteiger partial charge in [0.2, 0.25) is 0 Å². The minimum Gasteiger partial charge on any atom is -0.493 e. The monoisotopic (exact) mass is 355 g/mol. The van der Waals surface area contributed by atoms with Crippen LogP contribution in [0.25, 0.3) is 0 Å². The molecule has 2 aromatic carbocycles. The van der Waals surface area contributed by atoms with Gasteiger partial charge in [0.05, 0.1) is 19.3 Å². The molecule has 0 saturated carbocycles. The van der Waals surface area contributed by atoms with Gasteiger partial charge in [-0.3, -0.25) is 0 Å². The summed E-state index contributed by atoms with van der Waals surface area (Å²) in [6.45, 7) is 4.64. The van der Waals surface area contributed by atoms with E-state index in [-0.39, 0.29) is 5.82 Å². The molecule has 1 saturated heterocycles. The van der Waals surface area contributed by atoms with Gasteiger partial charge in [-0.25, -0.2) is 4.39 Å². The summed E-state index contributed by atoms with van der Waals surface area (Å²) in [6, 6.07) is 15.0. The standard InChI is InChI=1S/C22H26FNO2/c23-19-7-5-17(6-8-19)16-26-20-9-12-24(13-10-20)15-18-11-14-25-22-4-2-1-3-21(18)22/h1-8,18,20H,9-16H2. The second-order valence-electron chi connectivity index (χ2n) is 7.31. The molecule has 138 valence electrons. The molecule has 3 nitrogen and oxygen atoms in total. The van der Waals surface area contributed by atoms with E-state index >= 15 is 0 Å². The summed E-state index contributed by atoms with van der Waals surface area (Å²) in [4.78, 5) is 2.56. The van der Waals surface area contributed by atoms with Gasteiger partial charge >= 0.3 is 0 Å². The normalized spacial score (nSPS) is 21.2. The summed E-state index contributed by atoms with van der Waals surface area (Å²) in [5.41, 5.74) is 2.39. The maximum atomic E-state index is 13.0. The summed E-state index contributed by atoms with van der Waals surface area (Å²) < 4.78 is 24.8. The van der Waals surface area contributed by atoms with Gasteiger partial charge in [0.15, 0.2) is 0 Å². The fourth-order valence-electron chi connectivity index (χ4n) is 3.97. The van der Waals surface area contributed by atoms with Crippen molar-refractivity contribution >= 4 is 0 Å². The zero-order chi connectivity index (χ0) is 17.8. The first-order valence-electron chi connectivity index (χ1n) is 9.58. The molecule has 26 heavy (non-hydrogen) atoms. The van der Waals surface area contributed by atoms with Crippen LogP contribution in [0.2, 0.25) is 0 Å². The molecule has 2 heterocycles. The zero-order valence-corrected chi connectivity index (χ0v) is 15.1. The Bertz CT molecular complexity index is 710. The van der Waals surface area contributed by atoms with Crippen molar-refractivity contribution in [2.45, 2.75) is 37.9 Å². The molecule has 4 rings (SSSR count). The van der Waals surface area contributed by atoms with E-state index in [1.165, 1.54) is 17.7 Å². The molecule has 0 N–H and O–H groups in total. The average Bonchev–Trinajstić information content (AvgIpc) is 2.69. The van der Waals surface area contributed by atoms with E-state index in [2.05, 4.69) is 23.1 Å². The highest BCUT2D eigenvalue weighted by Crippen LogP contribution is 2.34. The molecular formula is C22H26FNO2. The minimum absolute atomic E-state index is 0.197. The van der Waals surface area contributed by atoms with Crippen LogP contribution >= 0.6 is 0 Å². The zero-order valence-electron chi connectivity index (χ0n) is 15.1. The van der Waals surface area contributed by atoms with Crippen molar-refractivity contribution in [3.63, 3.8) is 0 Å². The number of fused-ring (bicyclic) bond motifs is 1. The number of hydrogen-bond donors (Lipinski definition) is 0. The maximum Gasteiger partial charge on any atom is 0.123 e. The second kappa shape index (κ2) is 8.19. The Labute approximate surface area is 154 Å². The van der Waals surface area contributed by atoms with E-state index in [0.717, 1.165) is 56.8 Å². The lowest BCUT2D eigenvalue weighted by atomic mass is 9.92. The molecule has 0 aliphatic carbocycles. The third-order valence-corrected chi connectivity index (χ3v) is 5.49. The van der Waals surface area contributed by atoms with Crippen LogP contribution in [0.4, 0.5) is 4.39 Å². The van der Waals surface area contributed by atoms with Gasteiger partial charge in [0.1, 0.15) is 11.6 Å². The van der Waals surface area contributed by atoms with Crippen LogP contribution in [-0.2, 0) is 11.3 Å². The van der Waals surface area contributed by atoms with Crippen LogP contribution in [0, 0.1) is 5.82 Å². The molecule has 0 bridgehead atoms. The van der Waals surface area contributed by atoms with Crippen LogP contribution in [0.1, 0.15) is 36.3 Å². The quantitative estimate of drug-likeness (QED) is 0.795. The van der Waals surface area contributed by atoms with Crippen molar-refractivity contribution in [2.24, 2.45) is 0 Å². The fraction of sp³-hybridized carbons (Fsp3) is 0.455.